The van der Waals surface area contributed by atoms with E-state index in [2.05, 4.69) is 152 Å². The molecule has 0 aliphatic rings. The number of imidazole rings is 1. The predicted octanol–water partition coefficient (Wildman–Crippen LogP) is 12.7. The molecule has 5 heterocycles. The zero-order valence-corrected chi connectivity index (χ0v) is 40.4. The Labute approximate surface area is 365 Å². The molecule has 0 saturated carbocycles. The van der Waals surface area contributed by atoms with Crippen molar-refractivity contribution in [3.05, 3.63) is 130 Å². The fourth-order valence-electron chi connectivity index (χ4n) is 8.01. The molecule has 1 radical (unpaired) electrons. The molecular formula is C51H57IrN5OSi-2. The van der Waals surface area contributed by atoms with Crippen molar-refractivity contribution < 1.29 is 24.5 Å². The van der Waals surface area contributed by atoms with E-state index in [0.717, 1.165) is 85.0 Å². The monoisotopic (exact) mass is 976 g/mol. The summed E-state index contributed by atoms with van der Waals surface area (Å²) in [5, 5.41) is 3.57. The second-order valence-electron chi connectivity index (χ2n) is 18.3. The van der Waals surface area contributed by atoms with Gasteiger partial charge in [0.25, 0.3) is 0 Å². The van der Waals surface area contributed by atoms with Crippen LogP contribution in [-0.2, 0) is 31.9 Å². The Kier molecular flexibility index (Phi) is 12.7. The Bertz CT molecular complexity index is 2770. The van der Waals surface area contributed by atoms with E-state index in [0.29, 0.717) is 5.71 Å². The van der Waals surface area contributed by atoms with Gasteiger partial charge < -0.3 is 14.0 Å². The first-order valence-electron chi connectivity index (χ1n) is 20.6. The molecule has 0 aliphatic carbocycles. The summed E-state index contributed by atoms with van der Waals surface area (Å²) in [5.74, 6) is 1.51. The minimum absolute atomic E-state index is 0. The van der Waals surface area contributed by atoms with Gasteiger partial charge in [0.15, 0.2) is 0 Å². The third kappa shape index (κ3) is 8.91. The second-order valence-corrected chi connectivity index (χ2v) is 23.3. The summed E-state index contributed by atoms with van der Waals surface area (Å²) < 4.78 is 8.78. The van der Waals surface area contributed by atoms with Gasteiger partial charge in [-0.15, -0.1) is 53.6 Å². The van der Waals surface area contributed by atoms with Crippen LogP contribution in [0.25, 0.3) is 61.4 Å². The molecule has 0 bridgehead atoms. The zero-order chi connectivity index (χ0) is 41.7. The van der Waals surface area contributed by atoms with Crippen molar-refractivity contribution in [2.45, 2.75) is 107 Å². The van der Waals surface area contributed by atoms with Crippen LogP contribution in [0.3, 0.4) is 0 Å². The minimum atomic E-state index is -1.35. The van der Waals surface area contributed by atoms with Crippen LogP contribution in [0.4, 0.5) is 0 Å². The van der Waals surface area contributed by atoms with Gasteiger partial charge in [-0.05, 0) is 80.2 Å². The normalized spacial score (nSPS) is 12.4. The Hall–Kier alpha value is -4.75. The second kappa shape index (κ2) is 17.1. The van der Waals surface area contributed by atoms with Crippen molar-refractivity contribution in [1.82, 2.24) is 24.5 Å². The molecule has 8 rings (SSSR count). The molecule has 1 unspecified atom stereocenters. The van der Waals surface area contributed by atoms with Gasteiger partial charge >= 0.3 is 0 Å². The smallest absolute Gasteiger partial charge is 0.216 e. The van der Waals surface area contributed by atoms with E-state index in [1.807, 2.05) is 37.4 Å². The molecule has 59 heavy (non-hydrogen) atoms. The van der Waals surface area contributed by atoms with E-state index in [-0.39, 0.29) is 25.5 Å². The fraction of sp³-hybridized carbons (Fsp3) is 0.333. The van der Waals surface area contributed by atoms with Crippen molar-refractivity contribution in [3.63, 3.8) is 0 Å². The third-order valence-electron chi connectivity index (χ3n) is 11.2. The van der Waals surface area contributed by atoms with Crippen molar-refractivity contribution in [1.29, 1.82) is 0 Å². The maximum absolute atomic E-state index is 6.53. The Balaban J connectivity index is 0.000000227. The van der Waals surface area contributed by atoms with Gasteiger partial charge in [-0.3, -0.25) is 9.97 Å². The number of benzene rings is 3. The van der Waals surface area contributed by atoms with E-state index < -0.39 is 8.07 Å². The molecule has 0 saturated heterocycles. The first-order chi connectivity index (χ1) is 27.4. The van der Waals surface area contributed by atoms with Crippen molar-refractivity contribution >= 4 is 46.4 Å². The van der Waals surface area contributed by atoms with Gasteiger partial charge in [0, 0.05) is 54.2 Å². The topological polar surface area (TPSA) is 69.6 Å². The maximum Gasteiger partial charge on any atom is 0.216 e. The molecule has 0 spiro atoms. The number of hydrogen-bond acceptors (Lipinski definition) is 5. The van der Waals surface area contributed by atoms with Gasteiger partial charge in [-0.1, -0.05) is 108 Å². The molecule has 3 aromatic carbocycles. The number of rotatable bonds is 7. The van der Waals surface area contributed by atoms with Crippen LogP contribution in [0.1, 0.15) is 80.2 Å². The molecule has 0 aliphatic heterocycles. The molecule has 0 amide bonds. The zero-order valence-electron chi connectivity index (χ0n) is 37.0. The first-order valence-corrected chi connectivity index (χ1v) is 24.1. The van der Waals surface area contributed by atoms with E-state index >= 15 is 0 Å². The van der Waals surface area contributed by atoms with Gasteiger partial charge in [-0.2, -0.15) is 0 Å². The average molecular weight is 976 g/mol. The van der Waals surface area contributed by atoms with Gasteiger partial charge in [0.1, 0.15) is 0 Å². The number of furan rings is 1. The summed E-state index contributed by atoms with van der Waals surface area (Å²) in [5.41, 5.74) is 15.4. The standard InChI is InChI=1S/C32H31N4O.C19H26NSi.Ir/c1-17-13-19(3)28(20(4)14-17)36-25-15-21(5)33-16-24(25)34-30(36)23-10-9-18(2)27-22-11-12-26(32(6,7)8)35-31(22)37-29(23)27;1-6-15(2)12-17-13-18(16-10-8-7-9-11-16)20-14-19(17)21(3,4)5;/h9,11-16H,1-8H3;7-10,13-15H,6,12H2,1-5H3;/q2*-1;. The summed E-state index contributed by atoms with van der Waals surface area (Å²) in [4.78, 5) is 19.3. The average Bonchev–Trinajstić information content (AvgIpc) is 3.73. The summed E-state index contributed by atoms with van der Waals surface area (Å²) in [6.45, 7) is 28.9. The van der Waals surface area contributed by atoms with E-state index in [4.69, 9.17) is 19.4 Å². The largest absolute Gasteiger partial charge is 0.486 e. The van der Waals surface area contributed by atoms with Crippen LogP contribution in [0.2, 0.25) is 19.6 Å². The fourth-order valence-corrected chi connectivity index (χ4v) is 9.60. The van der Waals surface area contributed by atoms with E-state index in [1.165, 1.54) is 33.9 Å². The molecule has 8 aromatic rings. The number of aryl methyl sites for hydroxylation is 5. The molecule has 6 nitrogen and oxygen atoms in total. The number of fused-ring (bicyclic) bond motifs is 4. The van der Waals surface area contributed by atoms with Crippen LogP contribution in [0.15, 0.2) is 83.5 Å². The molecule has 307 valence electrons. The predicted molar refractivity (Wildman–Crippen MR) is 245 cm³/mol. The van der Waals surface area contributed by atoms with E-state index in [9.17, 15) is 0 Å². The van der Waals surface area contributed by atoms with Crippen LogP contribution in [0.5, 0.6) is 0 Å². The van der Waals surface area contributed by atoms with Crippen molar-refractivity contribution in [2.75, 3.05) is 0 Å². The SMILES string of the molecule is CCC(C)Cc1cc(-c2[c-]cccc2)ncc1[Si](C)(C)C.Cc1cc(C)c(-n2c(-c3[c-]cc(C)c4c3oc3nc(C(C)(C)C)ccc34)nc3cnc(C)cc32)c(C)c1.[Ir]. The third-order valence-corrected chi connectivity index (χ3v) is 13.3. The summed E-state index contributed by atoms with van der Waals surface area (Å²) in [6.07, 6.45) is 6.35. The molecular weight excluding hydrogens is 919 g/mol. The molecule has 0 fully saturated rings. The van der Waals surface area contributed by atoms with Gasteiger partial charge in [0.2, 0.25) is 5.71 Å². The Morgan fingerprint density at radius 2 is 1.58 bits per heavy atom. The molecule has 0 N–H and O–H groups in total. The quantitative estimate of drug-likeness (QED) is 0.118. The van der Waals surface area contributed by atoms with Gasteiger partial charge in [-0.25, -0.2) is 4.98 Å². The Morgan fingerprint density at radius 3 is 2.22 bits per heavy atom. The summed E-state index contributed by atoms with van der Waals surface area (Å²) >= 11 is 0. The number of pyridine rings is 3. The molecule has 8 heteroatoms. The minimum Gasteiger partial charge on any atom is -0.486 e. The summed E-state index contributed by atoms with van der Waals surface area (Å²) in [6, 6.07) is 30.0. The maximum atomic E-state index is 6.53. The first kappa shape index (κ1) is 43.8. The van der Waals surface area contributed by atoms with Crippen molar-refractivity contribution in [3.8, 4) is 28.3 Å². The van der Waals surface area contributed by atoms with Crippen LogP contribution >= 0.6 is 0 Å². The van der Waals surface area contributed by atoms with Crippen LogP contribution < -0.4 is 5.19 Å². The number of aromatic nitrogens is 5. The van der Waals surface area contributed by atoms with Gasteiger partial charge in [0.05, 0.1) is 36.7 Å². The van der Waals surface area contributed by atoms with Crippen LogP contribution in [-0.4, -0.2) is 32.6 Å². The van der Waals surface area contributed by atoms with E-state index in [1.54, 1.807) is 0 Å². The number of nitrogens with zero attached hydrogens (tertiary/aromatic N) is 5. The summed E-state index contributed by atoms with van der Waals surface area (Å²) in [7, 11) is -1.35. The Morgan fingerprint density at radius 1 is 0.847 bits per heavy atom. The number of hydrogen-bond donors (Lipinski definition) is 0. The molecule has 5 aromatic heterocycles. The molecule has 1 atom stereocenters. The van der Waals surface area contributed by atoms with Crippen molar-refractivity contribution in [2.24, 2.45) is 5.92 Å². The van der Waals surface area contributed by atoms with Crippen LogP contribution in [0, 0.1) is 52.7 Å².